The number of ether oxygens (including phenoxy) is 1. The van der Waals surface area contributed by atoms with E-state index in [4.69, 9.17) is 4.74 Å². The highest BCUT2D eigenvalue weighted by molar-refractivity contribution is 5.26. The van der Waals surface area contributed by atoms with Gasteiger partial charge in [-0.2, -0.15) is 0 Å². The smallest absolute Gasteiger partial charge is 0.119 e. The Morgan fingerprint density at radius 2 is 1.64 bits per heavy atom. The van der Waals surface area contributed by atoms with Crippen molar-refractivity contribution in [3.8, 4) is 5.75 Å². The molecule has 0 spiro atoms. The van der Waals surface area contributed by atoms with Crippen LogP contribution >= 0.6 is 0 Å². The molecule has 0 aromatic heterocycles. The van der Waals surface area contributed by atoms with Gasteiger partial charge in [0.2, 0.25) is 0 Å². The Labute approximate surface area is 87.1 Å². The number of rotatable bonds is 3. The molecule has 0 fully saturated rings. The fraction of sp³-hybridized carbons (Fsp3) is 0.500. The monoisotopic (exact) mass is 195 g/mol. The molecule has 14 heavy (non-hydrogen) atoms. The molecule has 0 radical (unpaired) electrons. The van der Waals surface area contributed by atoms with Gasteiger partial charge in [-0.1, -0.05) is 31.5 Å². The van der Waals surface area contributed by atoms with Gasteiger partial charge < -0.3 is 10.5 Å². The lowest BCUT2D eigenvalue weighted by atomic mass is 10.2. The lowest BCUT2D eigenvalue weighted by Crippen LogP contribution is -2.04. The van der Waals surface area contributed by atoms with Crippen LogP contribution in [0.3, 0.4) is 0 Å². The average molecular weight is 195 g/mol. The van der Waals surface area contributed by atoms with Crippen molar-refractivity contribution in [2.75, 3.05) is 13.7 Å². The van der Waals surface area contributed by atoms with E-state index >= 15 is 0 Å². The van der Waals surface area contributed by atoms with Gasteiger partial charge in [0.1, 0.15) is 5.75 Å². The molecule has 80 valence electrons. The fourth-order valence-corrected chi connectivity index (χ4v) is 0.897. The van der Waals surface area contributed by atoms with Crippen LogP contribution in [-0.4, -0.2) is 13.7 Å². The van der Waals surface area contributed by atoms with Gasteiger partial charge in [-0.15, -0.1) is 0 Å². The van der Waals surface area contributed by atoms with Crippen molar-refractivity contribution in [3.63, 3.8) is 0 Å². The summed E-state index contributed by atoms with van der Waals surface area (Å²) < 4.78 is 5.52. The zero-order valence-corrected chi connectivity index (χ0v) is 9.58. The largest absolute Gasteiger partial charge is 0.493 e. The van der Waals surface area contributed by atoms with E-state index < -0.39 is 0 Å². The van der Waals surface area contributed by atoms with E-state index in [-0.39, 0.29) is 0 Å². The van der Waals surface area contributed by atoms with E-state index in [9.17, 15) is 0 Å². The molecule has 0 saturated heterocycles. The molecule has 2 nitrogen and oxygen atoms in total. The van der Waals surface area contributed by atoms with Crippen molar-refractivity contribution >= 4 is 0 Å². The van der Waals surface area contributed by atoms with Gasteiger partial charge in [0.05, 0.1) is 6.61 Å². The van der Waals surface area contributed by atoms with Crippen LogP contribution in [0, 0.1) is 12.8 Å². The second kappa shape index (κ2) is 7.39. The average Bonchev–Trinajstić information content (AvgIpc) is 2.20. The summed E-state index contributed by atoms with van der Waals surface area (Å²) in [5, 5.41) is 0. The van der Waals surface area contributed by atoms with Crippen LogP contribution in [0.1, 0.15) is 19.4 Å². The molecule has 0 unspecified atom stereocenters. The van der Waals surface area contributed by atoms with E-state index in [0.29, 0.717) is 5.92 Å². The molecule has 0 aliphatic heterocycles. The maximum atomic E-state index is 5.52. The lowest BCUT2D eigenvalue weighted by Gasteiger charge is -2.08. The Morgan fingerprint density at radius 1 is 1.14 bits per heavy atom. The van der Waals surface area contributed by atoms with Gasteiger partial charge in [0.25, 0.3) is 0 Å². The van der Waals surface area contributed by atoms with Crippen molar-refractivity contribution in [3.05, 3.63) is 29.8 Å². The molecular formula is C12H21NO. The number of hydrogen-bond donors (Lipinski definition) is 1. The van der Waals surface area contributed by atoms with Crippen molar-refractivity contribution in [2.24, 2.45) is 11.7 Å². The van der Waals surface area contributed by atoms with E-state index in [2.05, 4.69) is 38.6 Å². The summed E-state index contributed by atoms with van der Waals surface area (Å²) in [6.07, 6.45) is 0. The van der Waals surface area contributed by atoms with Crippen LogP contribution in [0.4, 0.5) is 0 Å². The highest BCUT2D eigenvalue weighted by atomic mass is 16.5. The Balaban J connectivity index is 0.000000791. The Morgan fingerprint density at radius 3 is 2.07 bits per heavy atom. The normalized spacial score (nSPS) is 9.29. The summed E-state index contributed by atoms with van der Waals surface area (Å²) in [5.74, 6) is 1.56. The molecule has 1 rings (SSSR count). The predicted octanol–water partition coefficient (Wildman–Crippen LogP) is 2.60. The molecule has 0 saturated carbocycles. The summed E-state index contributed by atoms with van der Waals surface area (Å²) in [6, 6.07) is 8.15. The third-order valence-corrected chi connectivity index (χ3v) is 1.60. The summed E-state index contributed by atoms with van der Waals surface area (Å²) in [6.45, 7) is 7.16. The fourth-order valence-electron chi connectivity index (χ4n) is 0.897. The van der Waals surface area contributed by atoms with Crippen molar-refractivity contribution in [2.45, 2.75) is 20.8 Å². The molecule has 2 N–H and O–H groups in total. The Bertz CT molecular complexity index is 229. The molecule has 1 aromatic carbocycles. The second-order valence-electron chi connectivity index (χ2n) is 3.52. The highest BCUT2D eigenvalue weighted by Crippen LogP contribution is 2.12. The number of aryl methyl sites for hydroxylation is 1. The zero-order chi connectivity index (χ0) is 11.0. The first kappa shape index (κ1) is 13.0. The molecule has 0 atom stereocenters. The van der Waals surface area contributed by atoms with Crippen LogP contribution in [-0.2, 0) is 0 Å². The summed E-state index contributed by atoms with van der Waals surface area (Å²) in [7, 11) is 1.50. The van der Waals surface area contributed by atoms with E-state index in [1.54, 1.807) is 0 Å². The summed E-state index contributed by atoms with van der Waals surface area (Å²) in [5.41, 5.74) is 5.77. The highest BCUT2D eigenvalue weighted by Gasteiger charge is 1.95. The van der Waals surface area contributed by atoms with Crippen LogP contribution in [0.5, 0.6) is 5.75 Å². The number of benzene rings is 1. The van der Waals surface area contributed by atoms with E-state index in [0.717, 1.165) is 12.4 Å². The number of hydrogen-bond acceptors (Lipinski definition) is 2. The van der Waals surface area contributed by atoms with Crippen molar-refractivity contribution in [1.29, 1.82) is 0 Å². The molecule has 0 aliphatic rings. The molecule has 1 aromatic rings. The Kier molecular flexibility index (Phi) is 6.85. The predicted molar refractivity (Wildman–Crippen MR) is 61.6 cm³/mol. The maximum Gasteiger partial charge on any atom is 0.119 e. The maximum absolute atomic E-state index is 5.52. The van der Waals surface area contributed by atoms with Crippen LogP contribution < -0.4 is 10.5 Å². The van der Waals surface area contributed by atoms with Crippen LogP contribution in [0.15, 0.2) is 24.3 Å². The first-order valence-corrected chi connectivity index (χ1v) is 4.95. The molecule has 0 amide bonds. The summed E-state index contributed by atoms with van der Waals surface area (Å²) in [4.78, 5) is 0. The molecule has 0 aliphatic carbocycles. The SMILES string of the molecule is CN.Cc1ccc(OCC(C)C)cc1. The van der Waals surface area contributed by atoms with Gasteiger partial charge in [-0.05, 0) is 32.0 Å². The molecule has 0 bridgehead atoms. The van der Waals surface area contributed by atoms with E-state index in [1.807, 2.05) is 12.1 Å². The van der Waals surface area contributed by atoms with Crippen LogP contribution in [0.25, 0.3) is 0 Å². The molecule has 2 heteroatoms. The van der Waals surface area contributed by atoms with Gasteiger partial charge >= 0.3 is 0 Å². The van der Waals surface area contributed by atoms with Gasteiger partial charge in [-0.3, -0.25) is 0 Å². The minimum absolute atomic E-state index is 0.589. The van der Waals surface area contributed by atoms with Crippen molar-refractivity contribution in [1.82, 2.24) is 0 Å². The first-order chi connectivity index (χ1) is 6.68. The third-order valence-electron chi connectivity index (χ3n) is 1.60. The quantitative estimate of drug-likeness (QED) is 0.804. The standard InChI is InChI=1S/C11H16O.CH5N/c1-9(2)8-12-11-6-4-10(3)5-7-11;1-2/h4-7,9H,8H2,1-3H3;2H2,1H3. The van der Waals surface area contributed by atoms with Gasteiger partial charge in [0.15, 0.2) is 0 Å². The van der Waals surface area contributed by atoms with Crippen molar-refractivity contribution < 1.29 is 4.74 Å². The topological polar surface area (TPSA) is 35.2 Å². The van der Waals surface area contributed by atoms with Crippen LogP contribution in [0.2, 0.25) is 0 Å². The molecule has 0 heterocycles. The minimum Gasteiger partial charge on any atom is -0.493 e. The zero-order valence-electron chi connectivity index (χ0n) is 9.58. The van der Waals surface area contributed by atoms with Gasteiger partial charge in [0, 0.05) is 0 Å². The second-order valence-corrected chi connectivity index (χ2v) is 3.52. The third kappa shape index (κ3) is 5.60. The van der Waals surface area contributed by atoms with E-state index in [1.165, 1.54) is 12.6 Å². The molecular weight excluding hydrogens is 174 g/mol. The minimum atomic E-state index is 0.589. The first-order valence-electron chi connectivity index (χ1n) is 4.95. The Hall–Kier alpha value is -1.02. The van der Waals surface area contributed by atoms with Gasteiger partial charge in [-0.25, -0.2) is 0 Å². The lowest BCUT2D eigenvalue weighted by molar-refractivity contribution is 0.271. The summed E-state index contributed by atoms with van der Waals surface area (Å²) >= 11 is 0. The number of nitrogens with two attached hydrogens (primary N) is 1.